The second-order valence-electron chi connectivity index (χ2n) is 6.60. The Morgan fingerprint density at radius 3 is 2.55 bits per heavy atom. The molecule has 0 saturated heterocycles. The predicted octanol–water partition coefficient (Wildman–Crippen LogP) is 6.07. The van der Waals surface area contributed by atoms with Crippen molar-refractivity contribution < 1.29 is 22.5 Å². The van der Waals surface area contributed by atoms with Crippen molar-refractivity contribution in [2.24, 2.45) is 10.2 Å². The molecule has 33 heavy (non-hydrogen) atoms. The van der Waals surface area contributed by atoms with Crippen molar-refractivity contribution in [1.29, 1.82) is 5.26 Å². The maximum Gasteiger partial charge on any atom is 0.416 e. The number of anilines is 3. The Balaban J connectivity index is 1.97. The van der Waals surface area contributed by atoms with Gasteiger partial charge in [0.25, 0.3) is 5.69 Å². The van der Waals surface area contributed by atoms with Gasteiger partial charge in [-0.2, -0.15) is 18.4 Å². The SMILES string of the molecule is Cc1c(C#N)c(Nc2cccc(C(F)(F)F)c2)nc(N)c1/N=N/c1ccc([N+](=O)[O-])cc1F. The Bertz CT molecular complexity index is 1320. The molecule has 0 amide bonds. The minimum absolute atomic E-state index is 0.0231. The van der Waals surface area contributed by atoms with Crippen molar-refractivity contribution in [3.8, 4) is 6.07 Å². The molecule has 0 atom stereocenters. The quantitative estimate of drug-likeness (QED) is 0.205. The first kappa shape index (κ1) is 23.1. The van der Waals surface area contributed by atoms with E-state index in [1.54, 1.807) is 0 Å². The number of pyridine rings is 1. The van der Waals surface area contributed by atoms with Gasteiger partial charge in [0.1, 0.15) is 17.4 Å². The number of hydrogen-bond donors (Lipinski definition) is 2. The van der Waals surface area contributed by atoms with Crippen LogP contribution < -0.4 is 11.1 Å². The van der Waals surface area contributed by atoms with Crippen LogP contribution in [-0.4, -0.2) is 9.91 Å². The first-order valence-corrected chi connectivity index (χ1v) is 9.01. The molecule has 2 aromatic carbocycles. The first-order chi connectivity index (χ1) is 15.5. The van der Waals surface area contributed by atoms with Crippen molar-refractivity contribution in [3.63, 3.8) is 0 Å². The molecule has 0 aliphatic rings. The number of nitriles is 1. The number of aromatic nitrogens is 1. The highest BCUT2D eigenvalue weighted by Gasteiger charge is 2.30. The van der Waals surface area contributed by atoms with Gasteiger partial charge in [-0.3, -0.25) is 10.1 Å². The molecular weight excluding hydrogens is 446 g/mol. The van der Waals surface area contributed by atoms with E-state index in [0.717, 1.165) is 24.3 Å². The Morgan fingerprint density at radius 1 is 1.21 bits per heavy atom. The molecule has 0 aliphatic carbocycles. The van der Waals surface area contributed by atoms with E-state index in [1.165, 1.54) is 19.1 Å². The maximum absolute atomic E-state index is 14.0. The van der Waals surface area contributed by atoms with E-state index in [2.05, 4.69) is 20.5 Å². The van der Waals surface area contributed by atoms with Crippen molar-refractivity contribution in [2.75, 3.05) is 11.1 Å². The number of alkyl halides is 3. The molecule has 3 rings (SSSR count). The molecule has 9 nitrogen and oxygen atoms in total. The molecule has 0 fully saturated rings. The van der Waals surface area contributed by atoms with Crippen LogP contribution >= 0.6 is 0 Å². The third kappa shape index (κ3) is 5.01. The molecule has 168 valence electrons. The van der Waals surface area contributed by atoms with E-state index >= 15 is 0 Å². The number of nitrogen functional groups attached to an aromatic ring is 1. The van der Waals surface area contributed by atoms with E-state index in [0.29, 0.717) is 6.07 Å². The normalized spacial score (nSPS) is 11.4. The molecule has 13 heteroatoms. The topological polar surface area (TPSA) is 143 Å². The fourth-order valence-electron chi connectivity index (χ4n) is 2.78. The Labute approximate surface area is 183 Å². The number of nitro groups is 1. The average Bonchev–Trinajstić information content (AvgIpc) is 2.74. The lowest BCUT2D eigenvalue weighted by Crippen LogP contribution is -2.07. The fraction of sp³-hybridized carbons (Fsp3) is 0.100. The molecule has 1 aromatic heterocycles. The molecule has 3 N–H and O–H groups in total. The van der Waals surface area contributed by atoms with E-state index in [1.807, 2.05) is 6.07 Å². The second kappa shape index (κ2) is 8.87. The molecule has 0 unspecified atom stereocenters. The predicted molar refractivity (Wildman–Crippen MR) is 110 cm³/mol. The number of nitrogens with zero attached hydrogens (tertiary/aromatic N) is 5. The van der Waals surface area contributed by atoms with E-state index in [-0.39, 0.29) is 39.8 Å². The van der Waals surface area contributed by atoms with E-state index in [4.69, 9.17) is 5.73 Å². The summed E-state index contributed by atoms with van der Waals surface area (Å²) in [4.78, 5) is 13.9. The van der Waals surface area contributed by atoms with Gasteiger partial charge >= 0.3 is 6.18 Å². The van der Waals surface area contributed by atoms with Crippen LogP contribution in [0.3, 0.4) is 0 Å². The Morgan fingerprint density at radius 2 is 1.94 bits per heavy atom. The van der Waals surface area contributed by atoms with Gasteiger partial charge in [-0.05, 0) is 31.2 Å². The highest BCUT2D eigenvalue weighted by atomic mass is 19.4. The van der Waals surface area contributed by atoms with Crippen LogP contribution in [0.1, 0.15) is 16.7 Å². The smallest absolute Gasteiger partial charge is 0.382 e. The second-order valence-corrected chi connectivity index (χ2v) is 6.60. The lowest BCUT2D eigenvalue weighted by Gasteiger charge is -2.14. The summed E-state index contributed by atoms with van der Waals surface area (Å²) in [5, 5.41) is 30.4. The van der Waals surface area contributed by atoms with Crippen LogP contribution in [0.15, 0.2) is 52.7 Å². The van der Waals surface area contributed by atoms with Crippen molar-refractivity contribution in [2.45, 2.75) is 13.1 Å². The molecule has 0 bridgehead atoms. The number of benzene rings is 2. The van der Waals surface area contributed by atoms with Gasteiger partial charge in [0.05, 0.1) is 22.1 Å². The largest absolute Gasteiger partial charge is 0.416 e. The summed E-state index contributed by atoms with van der Waals surface area (Å²) in [6.07, 6.45) is -4.56. The molecule has 1 heterocycles. The van der Waals surface area contributed by atoms with E-state index < -0.39 is 28.2 Å². The number of rotatable bonds is 5. The van der Waals surface area contributed by atoms with Gasteiger partial charge in [0.2, 0.25) is 0 Å². The van der Waals surface area contributed by atoms with Crippen LogP contribution in [0.5, 0.6) is 0 Å². The van der Waals surface area contributed by atoms with Gasteiger partial charge < -0.3 is 11.1 Å². The lowest BCUT2D eigenvalue weighted by molar-refractivity contribution is -0.385. The third-order valence-corrected chi connectivity index (χ3v) is 4.41. The Hall–Kier alpha value is -4.60. The summed E-state index contributed by atoms with van der Waals surface area (Å²) >= 11 is 0. The number of nitrogens with two attached hydrogens (primary N) is 1. The highest BCUT2D eigenvalue weighted by molar-refractivity contribution is 5.75. The van der Waals surface area contributed by atoms with Crippen LogP contribution in [0.25, 0.3) is 0 Å². The standard InChI is InChI=1S/C20H13F4N7O2/c1-10-14(9-25)19(27-12-4-2-3-11(7-12)20(22,23)24)28-18(26)17(10)30-29-16-6-5-13(31(32)33)8-15(16)21/h2-8H,1H3,(H3,26,27,28)/b30-29+. The fourth-order valence-corrected chi connectivity index (χ4v) is 2.78. The first-order valence-electron chi connectivity index (χ1n) is 9.01. The summed E-state index contributed by atoms with van der Waals surface area (Å²) in [6.45, 7) is 1.45. The number of hydrogen-bond acceptors (Lipinski definition) is 8. The lowest BCUT2D eigenvalue weighted by atomic mass is 10.1. The van der Waals surface area contributed by atoms with Gasteiger partial charge in [0.15, 0.2) is 17.5 Å². The maximum atomic E-state index is 14.0. The van der Waals surface area contributed by atoms with Gasteiger partial charge in [-0.1, -0.05) is 6.07 Å². The number of azo groups is 1. The number of non-ortho nitro benzene ring substituents is 1. The van der Waals surface area contributed by atoms with Crippen LogP contribution in [0, 0.1) is 34.2 Å². The summed E-state index contributed by atoms with van der Waals surface area (Å²) in [7, 11) is 0. The molecular formula is C20H13F4N7O2. The van der Waals surface area contributed by atoms with Crippen molar-refractivity contribution in [1.82, 2.24) is 4.98 Å². The minimum atomic E-state index is -4.56. The van der Waals surface area contributed by atoms with Crippen LogP contribution in [0.2, 0.25) is 0 Å². The van der Waals surface area contributed by atoms with Crippen LogP contribution in [0.4, 0.5) is 51.9 Å². The molecule has 0 saturated carbocycles. The third-order valence-electron chi connectivity index (χ3n) is 4.41. The molecule has 3 aromatic rings. The Kier molecular flexibility index (Phi) is 6.20. The van der Waals surface area contributed by atoms with Gasteiger partial charge in [-0.15, -0.1) is 10.2 Å². The monoisotopic (exact) mass is 459 g/mol. The number of nitrogens with one attached hydrogen (secondary N) is 1. The number of nitro benzene ring substituents is 1. The summed E-state index contributed by atoms with van der Waals surface area (Å²) in [5.74, 6) is -1.33. The number of halogens is 4. The van der Waals surface area contributed by atoms with Gasteiger partial charge in [0, 0.05) is 17.3 Å². The molecule has 0 spiro atoms. The zero-order valence-electron chi connectivity index (χ0n) is 16.7. The molecule has 0 aliphatic heterocycles. The summed E-state index contributed by atoms with van der Waals surface area (Å²) < 4.78 is 52.9. The summed E-state index contributed by atoms with van der Waals surface area (Å²) in [6, 6.07) is 8.91. The zero-order valence-corrected chi connectivity index (χ0v) is 16.7. The van der Waals surface area contributed by atoms with Crippen molar-refractivity contribution >= 4 is 34.4 Å². The van der Waals surface area contributed by atoms with Crippen molar-refractivity contribution in [3.05, 3.63) is 75.1 Å². The molecule has 0 radical (unpaired) electrons. The average molecular weight is 459 g/mol. The highest BCUT2D eigenvalue weighted by Crippen LogP contribution is 2.36. The zero-order chi connectivity index (χ0) is 24.3. The van der Waals surface area contributed by atoms with Crippen LogP contribution in [-0.2, 0) is 6.18 Å². The summed E-state index contributed by atoms with van der Waals surface area (Å²) in [5.41, 5.74) is 4.27. The minimum Gasteiger partial charge on any atom is -0.382 e. The van der Waals surface area contributed by atoms with Gasteiger partial charge in [-0.25, -0.2) is 9.37 Å². The van der Waals surface area contributed by atoms with E-state index in [9.17, 15) is 32.9 Å².